The first-order valence-corrected chi connectivity index (χ1v) is 5.72. The highest BCUT2D eigenvalue weighted by Gasteiger charge is 2.39. The van der Waals surface area contributed by atoms with Gasteiger partial charge in [0.05, 0.1) is 0 Å². The average Bonchev–Trinajstić information content (AvgIpc) is 2.47. The Hall–Kier alpha value is 0. The average molecular weight is 166 g/mol. The number of rotatable bonds is 0. The van der Waals surface area contributed by atoms with Gasteiger partial charge in [-0.2, -0.15) is 0 Å². The Morgan fingerprint density at radius 3 is 2.17 bits per heavy atom. The van der Waals surface area contributed by atoms with Crippen LogP contribution in [0.25, 0.3) is 0 Å². The maximum atomic E-state index is 2.46. The molecule has 2 aliphatic carbocycles. The molecule has 0 aromatic rings. The maximum Gasteiger partial charge on any atom is -0.0295 e. The summed E-state index contributed by atoms with van der Waals surface area (Å²) in [5, 5.41) is 0. The van der Waals surface area contributed by atoms with Crippen molar-refractivity contribution >= 4 is 0 Å². The molecule has 0 heterocycles. The third-order valence-electron chi connectivity index (χ3n) is 4.52. The Balaban J connectivity index is 2.01. The van der Waals surface area contributed by atoms with E-state index >= 15 is 0 Å². The first-order valence-electron chi connectivity index (χ1n) is 5.72. The Morgan fingerprint density at radius 2 is 1.58 bits per heavy atom. The van der Waals surface area contributed by atoms with E-state index < -0.39 is 0 Å². The zero-order valence-electron chi connectivity index (χ0n) is 8.60. The monoisotopic (exact) mass is 166 g/mol. The van der Waals surface area contributed by atoms with E-state index in [1.54, 1.807) is 19.3 Å². The van der Waals surface area contributed by atoms with E-state index in [-0.39, 0.29) is 0 Å². The van der Waals surface area contributed by atoms with Crippen molar-refractivity contribution < 1.29 is 0 Å². The molecule has 0 bridgehead atoms. The molecule has 0 aliphatic heterocycles. The fraction of sp³-hybridized carbons (Fsp3) is 1.00. The van der Waals surface area contributed by atoms with Crippen LogP contribution in [0.5, 0.6) is 0 Å². The summed E-state index contributed by atoms with van der Waals surface area (Å²) in [5.74, 6) is 1.99. The summed E-state index contributed by atoms with van der Waals surface area (Å²) in [6, 6.07) is 0. The highest BCUT2D eigenvalue weighted by molar-refractivity contribution is 4.90. The topological polar surface area (TPSA) is 0 Å². The summed E-state index contributed by atoms with van der Waals surface area (Å²) in [7, 11) is 0. The van der Waals surface area contributed by atoms with Crippen LogP contribution in [0.2, 0.25) is 0 Å². The molecular weight excluding hydrogens is 144 g/mol. The van der Waals surface area contributed by atoms with Gasteiger partial charge in [0.1, 0.15) is 0 Å². The minimum absolute atomic E-state index is 0.825. The van der Waals surface area contributed by atoms with Crippen molar-refractivity contribution in [2.75, 3.05) is 0 Å². The minimum Gasteiger partial charge on any atom is -0.0623 e. The molecule has 0 N–H and O–H groups in total. The van der Waals surface area contributed by atoms with Crippen LogP contribution in [0.15, 0.2) is 0 Å². The van der Waals surface area contributed by atoms with Gasteiger partial charge in [0.2, 0.25) is 0 Å². The van der Waals surface area contributed by atoms with Crippen molar-refractivity contribution in [3.63, 3.8) is 0 Å². The summed E-state index contributed by atoms with van der Waals surface area (Å²) in [4.78, 5) is 0. The van der Waals surface area contributed by atoms with Crippen LogP contribution in [0.3, 0.4) is 0 Å². The molecule has 2 rings (SSSR count). The third kappa shape index (κ3) is 1.41. The molecule has 0 aromatic carbocycles. The van der Waals surface area contributed by atoms with Crippen LogP contribution in [0.1, 0.15) is 58.8 Å². The lowest BCUT2D eigenvalue weighted by Crippen LogP contribution is -2.29. The van der Waals surface area contributed by atoms with Crippen LogP contribution in [0.4, 0.5) is 0 Å². The first kappa shape index (κ1) is 8.59. The fourth-order valence-corrected chi connectivity index (χ4v) is 3.38. The van der Waals surface area contributed by atoms with Gasteiger partial charge in [0, 0.05) is 0 Å². The highest BCUT2D eigenvalue weighted by atomic mass is 14.4. The van der Waals surface area contributed by atoms with Crippen LogP contribution < -0.4 is 0 Å². The highest BCUT2D eigenvalue weighted by Crippen LogP contribution is 2.51. The molecular formula is C12H22. The van der Waals surface area contributed by atoms with E-state index in [0.29, 0.717) is 0 Å². The minimum atomic E-state index is 0.825. The standard InChI is InChI=1S/C12H22/c1-10-5-8-12(9-11(10)2)6-3-4-7-12/h10-11H,3-9H2,1-2H3/t10-,11+/m0/s1. The van der Waals surface area contributed by atoms with E-state index in [0.717, 1.165) is 17.3 Å². The van der Waals surface area contributed by atoms with E-state index in [2.05, 4.69) is 13.8 Å². The Kier molecular flexibility index (Phi) is 2.18. The molecule has 2 saturated carbocycles. The molecule has 0 heteroatoms. The molecule has 2 aliphatic rings. The second kappa shape index (κ2) is 3.05. The van der Waals surface area contributed by atoms with Crippen molar-refractivity contribution in [1.29, 1.82) is 0 Å². The molecule has 0 saturated heterocycles. The Bertz CT molecular complexity index is 153. The van der Waals surface area contributed by atoms with Gasteiger partial charge >= 0.3 is 0 Å². The molecule has 0 amide bonds. The van der Waals surface area contributed by atoms with Gasteiger partial charge in [0.25, 0.3) is 0 Å². The number of hydrogen-bond acceptors (Lipinski definition) is 0. The van der Waals surface area contributed by atoms with Crippen molar-refractivity contribution in [2.24, 2.45) is 17.3 Å². The molecule has 1 spiro atoms. The van der Waals surface area contributed by atoms with E-state index in [1.807, 2.05) is 0 Å². The van der Waals surface area contributed by atoms with Gasteiger partial charge in [-0.05, 0) is 49.4 Å². The smallest absolute Gasteiger partial charge is 0.0295 e. The van der Waals surface area contributed by atoms with Gasteiger partial charge in [-0.25, -0.2) is 0 Å². The summed E-state index contributed by atoms with van der Waals surface area (Å²) in [6.07, 6.45) is 10.7. The Morgan fingerprint density at radius 1 is 0.917 bits per heavy atom. The van der Waals surface area contributed by atoms with Gasteiger partial charge in [0.15, 0.2) is 0 Å². The van der Waals surface area contributed by atoms with E-state index in [9.17, 15) is 0 Å². The lowest BCUT2D eigenvalue weighted by atomic mass is 9.65. The zero-order valence-corrected chi connectivity index (χ0v) is 8.60. The lowest BCUT2D eigenvalue weighted by molar-refractivity contribution is 0.110. The van der Waals surface area contributed by atoms with Crippen LogP contribution in [-0.2, 0) is 0 Å². The quantitative estimate of drug-likeness (QED) is 0.510. The second-order valence-corrected chi connectivity index (χ2v) is 5.40. The van der Waals surface area contributed by atoms with Crippen LogP contribution in [-0.4, -0.2) is 0 Å². The van der Waals surface area contributed by atoms with Crippen molar-refractivity contribution in [2.45, 2.75) is 58.8 Å². The molecule has 12 heavy (non-hydrogen) atoms. The van der Waals surface area contributed by atoms with Crippen molar-refractivity contribution in [3.8, 4) is 0 Å². The summed E-state index contributed by atoms with van der Waals surface area (Å²) in [5.41, 5.74) is 0.825. The third-order valence-corrected chi connectivity index (χ3v) is 4.52. The zero-order chi connectivity index (χ0) is 8.60. The van der Waals surface area contributed by atoms with E-state index in [1.165, 1.54) is 25.7 Å². The maximum absolute atomic E-state index is 2.46. The summed E-state index contributed by atoms with van der Waals surface area (Å²) in [6.45, 7) is 4.90. The Labute approximate surface area is 76.7 Å². The van der Waals surface area contributed by atoms with Crippen LogP contribution >= 0.6 is 0 Å². The van der Waals surface area contributed by atoms with Crippen molar-refractivity contribution in [1.82, 2.24) is 0 Å². The van der Waals surface area contributed by atoms with E-state index in [4.69, 9.17) is 0 Å². The predicted octanol–water partition coefficient (Wildman–Crippen LogP) is 4.00. The normalized spacial score (nSPS) is 40.5. The molecule has 0 nitrogen and oxygen atoms in total. The first-order chi connectivity index (χ1) is 5.72. The molecule has 0 unspecified atom stereocenters. The molecule has 0 aromatic heterocycles. The summed E-state index contributed by atoms with van der Waals surface area (Å²) < 4.78 is 0. The molecule has 2 atom stereocenters. The van der Waals surface area contributed by atoms with Gasteiger partial charge in [-0.3, -0.25) is 0 Å². The van der Waals surface area contributed by atoms with Gasteiger partial charge < -0.3 is 0 Å². The molecule has 2 fully saturated rings. The second-order valence-electron chi connectivity index (χ2n) is 5.40. The number of hydrogen-bond donors (Lipinski definition) is 0. The summed E-state index contributed by atoms with van der Waals surface area (Å²) >= 11 is 0. The SMILES string of the molecule is C[C@@H]1CC2(CCCC2)CC[C@@H]1C. The van der Waals surface area contributed by atoms with Crippen LogP contribution in [0, 0.1) is 17.3 Å². The van der Waals surface area contributed by atoms with Gasteiger partial charge in [-0.15, -0.1) is 0 Å². The molecule has 0 radical (unpaired) electrons. The van der Waals surface area contributed by atoms with Crippen molar-refractivity contribution in [3.05, 3.63) is 0 Å². The lowest BCUT2D eigenvalue weighted by Gasteiger charge is -2.40. The fourth-order valence-electron chi connectivity index (χ4n) is 3.38. The molecule has 70 valence electrons. The largest absolute Gasteiger partial charge is 0.0623 e. The van der Waals surface area contributed by atoms with Gasteiger partial charge in [-0.1, -0.05) is 26.7 Å². The predicted molar refractivity (Wildman–Crippen MR) is 53.1 cm³/mol.